The highest BCUT2D eigenvalue weighted by molar-refractivity contribution is 6.30. The molecule has 0 saturated carbocycles. The Morgan fingerprint density at radius 2 is 1.93 bits per heavy atom. The molecule has 0 bridgehead atoms. The second kappa shape index (κ2) is 8.66. The van der Waals surface area contributed by atoms with Crippen LogP contribution in [-0.2, 0) is 4.74 Å². The molecule has 0 radical (unpaired) electrons. The summed E-state index contributed by atoms with van der Waals surface area (Å²) in [7, 11) is 0. The average molecular weight is 428 g/mol. The van der Waals surface area contributed by atoms with Gasteiger partial charge in [0.05, 0.1) is 6.61 Å². The molecule has 1 aliphatic rings. The van der Waals surface area contributed by atoms with E-state index in [1.54, 1.807) is 24.2 Å². The van der Waals surface area contributed by atoms with Gasteiger partial charge in [-0.2, -0.15) is 9.97 Å². The third-order valence-electron chi connectivity index (χ3n) is 4.85. The van der Waals surface area contributed by atoms with E-state index in [-0.39, 0.29) is 6.09 Å². The Morgan fingerprint density at radius 1 is 1.17 bits per heavy atom. The zero-order valence-corrected chi connectivity index (χ0v) is 17.6. The Bertz CT molecular complexity index is 1070. The van der Waals surface area contributed by atoms with Crippen LogP contribution >= 0.6 is 11.6 Å². The summed E-state index contributed by atoms with van der Waals surface area (Å²) in [6.45, 7) is 6.42. The largest absolute Gasteiger partial charge is 0.450 e. The number of nitrogens with zero attached hydrogens (tertiary/aromatic N) is 6. The van der Waals surface area contributed by atoms with Crippen molar-refractivity contribution in [3.8, 4) is 0 Å². The molecule has 1 aliphatic heterocycles. The first-order valence-corrected chi connectivity index (χ1v) is 10.1. The molecule has 3 aromatic rings. The first-order valence-electron chi connectivity index (χ1n) is 9.73. The van der Waals surface area contributed by atoms with Crippen LogP contribution in [0.5, 0.6) is 0 Å². The molecule has 0 atom stereocenters. The van der Waals surface area contributed by atoms with Gasteiger partial charge in [-0.1, -0.05) is 11.6 Å². The number of rotatable bonds is 4. The van der Waals surface area contributed by atoms with Gasteiger partial charge in [0.15, 0.2) is 17.0 Å². The lowest BCUT2D eigenvalue weighted by Crippen LogP contribution is -2.49. The average Bonchev–Trinajstić information content (AvgIpc) is 2.76. The number of benzene rings is 1. The third-order valence-corrected chi connectivity index (χ3v) is 5.09. The SMILES string of the molecule is CCOC(=O)N1CCN(c2nc(Nc3ccc(Cl)cc3C)c3nccnc3n2)CC1. The molecule has 1 aromatic carbocycles. The van der Waals surface area contributed by atoms with Crippen molar-refractivity contribution in [1.29, 1.82) is 0 Å². The number of fused-ring (bicyclic) bond motifs is 1. The van der Waals surface area contributed by atoms with Crippen LogP contribution in [0.1, 0.15) is 12.5 Å². The van der Waals surface area contributed by atoms with Gasteiger partial charge in [0.2, 0.25) is 5.95 Å². The molecular weight excluding hydrogens is 406 g/mol. The van der Waals surface area contributed by atoms with E-state index in [4.69, 9.17) is 21.3 Å². The zero-order valence-electron chi connectivity index (χ0n) is 16.8. The van der Waals surface area contributed by atoms with Crippen LogP contribution in [0.3, 0.4) is 0 Å². The second-order valence-corrected chi connectivity index (χ2v) is 7.29. The highest BCUT2D eigenvalue weighted by Gasteiger charge is 2.24. The predicted molar refractivity (Wildman–Crippen MR) is 115 cm³/mol. The van der Waals surface area contributed by atoms with Crippen molar-refractivity contribution < 1.29 is 9.53 Å². The Hall–Kier alpha value is -3.20. The van der Waals surface area contributed by atoms with Crippen molar-refractivity contribution >= 4 is 46.3 Å². The van der Waals surface area contributed by atoms with Gasteiger partial charge in [0.1, 0.15) is 0 Å². The molecule has 1 amide bonds. The van der Waals surface area contributed by atoms with Crippen molar-refractivity contribution in [1.82, 2.24) is 24.8 Å². The summed E-state index contributed by atoms with van der Waals surface area (Å²) in [5.41, 5.74) is 2.95. The summed E-state index contributed by atoms with van der Waals surface area (Å²) in [6.07, 6.45) is 2.93. The first kappa shape index (κ1) is 20.1. The molecule has 4 rings (SSSR count). The fourth-order valence-electron chi connectivity index (χ4n) is 3.28. The van der Waals surface area contributed by atoms with E-state index >= 15 is 0 Å². The maximum atomic E-state index is 11.9. The quantitative estimate of drug-likeness (QED) is 0.676. The number of aryl methyl sites for hydroxylation is 1. The van der Waals surface area contributed by atoms with Crippen LogP contribution in [0.4, 0.5) is 22.2 Å². The molecule has 0 spiro atoms. The van der Waals surface area contributed by atoms with Crippen LogP contribution in [0.25, 0.3) is 11.2 Å². The van der Waals surface area contributed by atoms with Gasteiger partial charge in [-0.25, -0.2) is 14.8 Å². The van der Waals surface area contributed by atoms with E-state index in [1.165, 1.54) is 0 Å². The van der Waals surface area contributed by atoms with Gasteiger partial charge in [-0.3, -0.25) is 0 Å². The van der Waals surface area contributed by atoms with Gasteiger partial charge in [0.25, 0.3) is 0 Å². The first-order chi connectivity index (χ1) is 14.5. The normalized spacial score (nSPS) is 14.1. The summed E-state index contributed by atoms with van der Waals surface area (Å²) < 4.78 is 5.08. The minimum atomic E-state index is -0.289. The number of halogens is 1. The van der Waals surface area contributed by atoms with E-state index in [0.29, 0.717) is 60.7 Å². The minimum Gasteiger partial charge on any atom is -0.450 e. The molecule has 0 unspecified atom stereocenters. The molecule has 0 aliphatic carbocycles. The second-order valence-electron chi connectivity index (χ2n) is 6.86. The molecule has 1 fully saturated rings. The van der Waals surface area contributed by atoms with Crippen molar-refractivity contribution in [2.45, 2.75) is 13.8 Å². The third kappa shape index (κ3) is 4.20. The van der Waals surface area contributed by atoms with Gasteiger partial charge in [0, 0.05) is 49.3 Å². The monoisotopic (exact) mass is 427 g/mol. The maximum absolute atomic E-state index is 11.9. The Balaban J connectivity index is 1.61. The fourth-order valence-corrected chi connectivity index (χ4v) is 3.51. The Kier molecular flexibility index (Phi) is 5.80. The van der Waals surface area contributed by atoms with Crippen LogP contribution in [-0.4, -0.2) is 63.7 Å². The molecule has 1 N–H and O–H groups in total. The Morgan fingerprint density at radius 3 is 2.67 bits per heavy atom. The van der Waals surface area contributed by atoms with E-state index in [0.717, 1.165) is 11.3 Å². The molecule has 30 heavy (non-hydrogen) atoms. The topological polar surface area (TPSA) is 96.4 Å². The number of carbonyl (C=O) groups excluding carboxylic acids is 1. The van der Waals surface area contributed by atoms with E-state index < -0.39 is 0 Å². The number of amides is 1. The number of piperazine rings is 1. The molecular formula is C20H22ClN7O2. The lowest BCUT2D eigenvalue weighted by atomic mass is 10.2. The molecule has 156 valence electrons. The summed E-state index contributed by atoms with van der Waals surface area (Å²) in [4.78, 5) is 33.7. The Labute approximate surface area is 179 Å². The minimum absolute atomic E-state index is 0.289. The molecule has 2 aromatic heterocycles. The predicted octanol–water partition coefficient (Wildman–Crippen LogP) is 3.40. The zero-order chi connectivity index (χ0) is 21.1. The lowest BCUT2D eigenvalue weighted by molar-refractivity contribution is 0.105. The standard InChI is InChI=1S/C20H22ClN7O2/c1-3-30-20(29)28-10-8-27(9-11-28)19-25-17-16(22-6-7-23-17)18(26-19)24-15-5-4-14(21)12-13(15)2/h4-7,12H,3,8-11H2,1-2H3,(H,23,24,25,26). The smallest absolute Gasteiger partial charge is 0.409 e. The van der Waals surface area contributed by atoms with Crippen molar-refractivity contribution in [3.05, 3.63) is 41.2 Å². The molecule has 1 saturated heterocycles. The molecule has 10 heteroatoms. The number of hydrogen-bond donors (Lipinski definition) is 1. The number of anilines is 3. The highest BCUT2D eigenvalue weighted by Crippen LogP contribution is 2.27. The van der Waals surface area contributed by atoms with Crippen LogP contribution in [0.15, 0.2) is 30.6 Å². The van der Waals surface area contributed by atoms with Crippen LogP contribution in [0, 0.1) is 6.92 Å². The highest BCUT2D eigenvalue weighted by atomic mass is 35.5. The van der Waals surface area contributed by atoms with Gasteiger partial charge < -0.3 is 19.9 Å². The van der Waals surface area contributed by atoms with E-state index in [2.05, 4.69) is 20.3 Å². The van der Waals surface area contributed by atoms with Crippen molar-refractivity contribution in [3.63, 3.8) is 0 Å². The van der Waals surface area contributed by atoms with E-state index in [9.17, 15) is 4.79 Å². The number of carbonyl (C=O) groups is 1. The number of aromatic nitrogens is 4. The molecule has 9 nitrogen and oxygen atoms in total. The maximum Gasteiger partial charge on any atom is 0.409 e. The van der Waals surface area contributed by atoms with Gasteiger partial charge >= 0.3 is 6.09 Å². The number of ether oxygens (including phenoxy) is 1. The van der Waals surface area contributed by atoms with E-state index in [1.807, 2.05) is 30.0 Å². The fraction of sp³-hybridized carbons (Fsp3) is 0.350. The summed E-state index contributed by atoms with van der Waals surface area (Å²) in [5.74, 6) is 1.11. The van der Waals surface area contributed by atoms with Crippen LogP contribution in [0.2, 0.25) is 5.02 Å². The van der Waals surface area contributed by atoms with Crippen LogP contribution < -0.4 is 10.2 Å². The van der Waals surface area contributed by atoms with Crippen molar-refractivity contribution in [2.24, 2.45) is 0 Å². The summed E-state index contributed by atoms with van der Waals surface area (Å²) in [6, 6.07) is 5.61. The number of nitrogens with one attached hydrogen (secondary N) is 1. The lowest BCUT2D eigenvalue weighted by Gasteiger charge is -2.34. The summed E-state index contributed by atoms with van der Waals surface area (Å²) in [5, 5.41) is 4.01. The number of hydrogen-bond acceptors (Lipinski definition) is 8. The van der Waals surface area contributed by atoms with Crippen molar-refractivity contribution in [2.75, 3.05) is 43.0 Å². The van der Waals surface area contributed by atoms with Gasteiger partial charge in [-0.05, 0) is 37.6 Å². The molecule has 3 heterocycles. The summed E-state index contributed by atoms with van der Waals surface area (Å²) >= 11 is 6.08. The van der Waals surface area contributed by atoms with Gasteiger partial charge in [-0.15, -0.1) is 0 Å².